The van der Waals surface area contributed by atoms with E-state index in [0.29, 0.717) is 27.1 Å². The number of thioether (sulfide) groups is 2. The molecule has 2 aromatic heterocycles. The van der Waals surface area contributed by atoms with Crippen molar-refractivity contribution in [2.45, 2.75) is 22.1 Å². The minimum Gasteiger partial charge on any atom is -0.325 e. The van der Waals surface area contributed by atoms with Gasteiger partial charge in [0.25, 0.3) is 0 Å². The summed E-state index contributed by atoms with van der Waals surface area (Å²) in [4.78, 5) is 30.1. The Morgan fingerprint density at radius 1 is 0.745 bits per heavy atom. The number of amides is 2. The van der Waals surface area contributed by atoms with E-state index in [0.717, 1.165) is 44.7 Å². The van der Waals surface area contributed by atoms with Gasteiger partial charge in [-0.25, -0.2) is 4.98 Å². The fourth-order valence-corrected chi connectivity index (χ4v) is 8.11. The molecule has 5 aromatic carbocycles. The normalized spacial score (nSPS) is 11.6. The van der Waals surface area contributed by atoms with Crippen LogP contribution in [0.4, 0.5) is 24.5 Å². The maximum Gasteiger partial charge on any atom is 0.416 e. The third kappa shape index (κ3) is 8.25. The molecule has 0 spiro atoms. The smallest absolute Gasteiger partial charge is 0.325 e. The van der Waals surface area contributed by atoms with Crippen molar-refractivity contribution in [3.05, 3.63) is 132 Å². The van der Waals surface area contributed by atoms with Crippen molar-refractivity contribution in [3.8, 4) is 5.69 Å². The number of carbonyl (C=O) groups excluding carboxylic acids is 2. The van der Waals surface area contributed by atoms with E-state index >= 15 is 0 Å². The van der Waals surface area contributed by atoms with Crippen LogP contribution in [-0.2, 0) is 22.2 Å². The fraction of sp³-hybridized carbons (Fsp3) is 0.108. The Morgan fingerprint density at radius 3 is 2.25 bits per heavy atom. The van der Waals surface area contributed by atoms with E-state index in [1.165, 1.54) is 47.0 Å². The molecule has 51 heavy (non-hydrogen) atoms. The van der Waals surface area contributed by atoms with Gasteiger partial charge in [-0.1, -0.05) is 90.3 Å². The highest BCUT2D eigenvalue weighted by Gasteiger charge is 2.30. The third-order valence-electron chi connectivity index (χ3n) is 7.73. The number of anilines is 2. The molecule has 0 fully saturated rings. The van der Waals surface area contributed by atoms with E-state index in [1.54, 1.807) is 12.1 Å². The van der Waals surface area contributed by atoms with Gasteiger partial charge in [-0.2, -0.15) is 13.2 Å². The fourth-order valence-electron chi connectivity index (χ4n) is 5.43. The molecule has 0 aliphatic heterocycles. The third-order valence-corrected chi connectivity index (χ3v) is 10.8. The summed E-state index contributed by atoms with van der Waals surface area (Å²) in [6.45, 7) is 0. The van der Waals surface area contributed by atoms with E-state index in [-0.39, 0.29) is 23.1 Å². The first-order valence-corrected chi connectivity index (χ1v) is 18.4. The lowest BCUT2D eigenvalue weighted by atomic mass is 10.0. The number of para-hydroxylation sites is 1. The van der Waals surface area contributed by atoms with E-state index in [1.807, 2.05) is 59.2 Å². The van der Waals surface area contributed by atoms with Crippen molar-refractivity contribution in [2.75, 3.05) is 22.1 Å². The summed E-state index contributed by atoms with van der Waals surface area (Å²) in [5.41, 5.74) is 2.56. The van der Waals surface area contributed by atoms with Gasteiger partial charge in [-0.3, -0.25) is 14.2 Å². The van der Waals surface area contributed by atoms with Crippen molar-refractivity contribution in [2.24, 2.45) is 0 Å². The summed E-state index contributed by atoms with van der Waals surface area (Å²) in [6, 6.07) is 34.1. The number of nitrogens with one attached hydrogen (secondary N) is 2. The van der Waals surface area contributed by atoms with Gasteiger partial charge < -0.3 is 10.6 Å². The molecule has 0 aliphatic rings. The van der Waals surface area contributed by atoms with Crippen LogP contribution in [0.5, 0.6) is 0 Å². The highest BCUT2D eigenvalue weighted by atomic mass is 32.2. The number of hydrogen-bond donors (Lipinski definition) is 2. The number of halogens is 3. The average molecular weight is 741 g/mol. The lowest BCUT2D eigenvalue weighted by Crippen LogP contribution is -2.15. The number of rotatable bonds is 11. The van der Waals surface area contributed by atoms with Crippen LogP contribution in [0.25, 0.3) is 26.7 Å². The number of benzene rings is 5. The zero-order valence-corrected chi connectivity index (χ0v) is 29.0. The molecule has 7 rings (SSSR count). The van der Waals surface area contributed by atoms with Gasteiger partial charge in [0, 0.05) is 23.5 Å². The Kier molecular flexibility index (Phi) is 10.1. The maximum absolute atomic E-state index is 13.1. The van der Waals surface area contributed by atoms with Crippen LogP contribution in [0.1, 0.15) is 17.0 Å². The predicted octanol–water partition coefficient (Wildman–Crippen LogP) is 9.10. The van der Waals surface area contributed by atoms with Gasteiger partial charge in [0.1, 0.15) is 5.82 Å². The molecule has 0 radical (unpaired) electrons. The first-order chi connectivity index (χ1) is 24.7. The van der Waals surface area contributed by atoms with Crippen molar-refractivity contribution >= 4 is 79.0 Å². The van der Waals surface area contributed by atoms with Crippen LogP contribution in [0.2, 0.25) is 0 Å². The van der Waals surface area contributed by atoms with Gasteiger partial charge in [0.15, 0.2) is 9.50 Å². The lowest BCUT2D eigenvalue weighted by Gasteiger charge is -2.11. The quantitative estimate of drug-likeness (QED) is 0.128. The molecule has 0 unspecified atom stereocenters. The maximum atomic E-state index is 13.1. The molecule has 14 heteroatoms. The molecule has 0 atom stereocenters. The van der Waals surface area contributed by atoms with Crippen LogP contribution in [0, 0.1) is 0 Å². The summed E-state index contributed by atoms with van der Waals surface area (Å²) in [5, 5.41) is 17.4. The molecule has 7 aromatic rings. The van der Waals surface area contributed by atoms with Crippen molar-refractivity contribution in [3.63, 3.8) is 0 Å². The highest BCUT2D eigenvalue weighted by Crippen LogP contribution is 2.33. The predicted molar refractivity (Wildman–Crippen MR) is 198 cm³/mol. The highest BCUT2D eigenvalue weighted by molar-refractivity contribution is 8.01. The first kappa shape index (κ1) is 34.3. The summed E-state index contributed by atoms with van der Waals surface area (Å²) in [6.07, 6.45) is -3.94. The lowest BCUT2D eigenvalue weighted by molar-refractivity contribution is -0.137. The van der Waals surface area contributed by atoms with E-state index < -0.39 is 17.6 Å². The minimum absolute atomic E-state index is 0.0336. The Bertz CT molecular complexity index is 2360. The molecular formula is C37H27F3N6O2S3. The largest absolute Gasteiger partial charge is 0.416 e. The molecule has 256 valence electrons. The number of thiazole rings is 1. The monoisotopic (exact) mass is 740 g/mol. The Morgan fingerprint density at radius 2 is 1.45 bits per heavy atom. The van der Waals surface area contributed by atoms with Gasteiger partial charge in [0.05, 0.1) is 27.3 Å². The number of hydrogen-bond acceptors (Lipinski definition) is 8. The van der Waals surface area contributed by atoms with Gasteiger partial charge in [0.2, 0.25) is 11.8 Å². The zero-order valence-electron chi connectivity index (χ0n) is 26.6. The van der Waals surface area contributed by atoms with Gasteiger partial charge in [-0.15, -0.1) is 21.5 Å². The minimum atomic E-state index is -4.50. The molecule has 0 saturated carbocycles. The number of carbonyl (C=O) groups is 2. The summed E-state index contributed by atoms with van der Waals surface area (Å²) < 4.78 is 42.4. The first-order valence-electron chi connectivity index (χ1n) is 15.6. The second kappa shape index (κ2) is 15.0. The van der Waals surface area contributed by atoms with Crippen LogP contribution in [0.3, 0.4) is 0 Å². The molecule has 0 saturated heterocycles. The topological polar surface area (TPSA) is 102 Å². The van der Waals surface area contributed by atoms with E-state index in [2.05, 4.69) is 50.1 Å². The van der Waals surface area contributed by atoms with Crippen LogP contribution in [0.15, 0.2) is 125 Å². The summed E-state index contributed by atoms with van der Waals surface area (Å²) >= 11 is 3.82. The van der Waals surface area contributed by atoms with E-state index in [4.69, 9.17) is 0 Å². The SMILES string of the molecule is O=C(CSc1nc2ccc(NC(=O)CSc3nnc(Cc4cccc5ccccc45)n3-c3ccccc3)cc2s1)Nc1cccc(C(F)(F)F)c1. The van der Waals surface area contributed by atoms with Crippen LogP contribution in [-0.4, -0.2) is 43.1 Å². The summed E-state index contributed by atoms with van der Waals surface area (Å²) in [5.74, 6) is 0.157. The van der Waals surface area contributed by atoms with Gasteiger partial charge in [-0.05, 0) is 64.9 Å². The van der Waals surface area contributed by atoms with Crippen LogP contribution >= 0.6 is 34.9 Å². The summed E-state index contributed by atoms with van der Waals surface area (Å²) in [7, 11) is 0. The molecule has 8 nitrogen and oxygen atoms in total. The van der Waals surface area contributed by atoms with Crippen LogP contribution < -0.4 is 10.6 Å². The number of nitrogens with zero attached hydrogens (tertiary/aromatic N) is 4. The Balaban J connectivity index is 0.986. The Labute approximate surface area is 302 Å². The molecule has 2 amide bonds. The molecule has 2 N–H and O–H groups in total. The van der Waals surface area contributed by atoms with Gasteiger partial charge >= 0.3 is 6.18 Å². The zero-order chi connectivity index (χ0) is 35.4. The Hall–Kier alpha value is -5.18. The standard InChI is InChI=1S/C37H27F3N6O2S3/c38-37(39,40)25-11-7-12-26(19-25)41-34(48)22-50-36-43-30-17-16-27(20-31(30)51-36)42-33(47)21-49-35-45-44-32(46(35)28-13-2-1-3-14-28)18-24-10-6-9-23-8-4-5-15-29(23)24/h1-17,19-20H,18,21-22H2,(H,41,48)(H,42,47). The van der Waals surface area contributed by atoms with Crippen molar-refractivity contribution < 1.29 is 22.8 Å². The molecular weight excluding hydrogens is 714 g/mol. The second-order valence-electron chi connectivity index (χ2n) is 11.3. The molecule has 0 aliphatic carbocycles. The number of aromatic nitrogens is 4. The molecule has 2 heterocycles. The van der Waals surface area contributed by atoms with Crippen molar-refractivity contribution in [1.82, 2.24) is 19.7 Å². The number of alkyl halides is 3. The molecule has 0 bridgehead atoms. The van der Waals surface area contributed by atoms with E-state index in [9.17, 15) is 22.8 Å². The second-order valence-corrected chi connectivity index (χ2v) is 14.5. The average Bonchev–Trinajstić information content (AvgIpc) is 3.73. The van der Waals surface area contributed by atoms with Crippen molar-refractivity contribution in [1.29, 1.82) is 0 Å². The number of fused-ring (bicyclic) bond motifs is 2.